The van der Waals surface area contributed by atoms with Gasteiger partial charge in [0.2, 0.25) is 0 Å². The van der Waals surface area contributed by atoms with E-state index in [-0.39, 0.29) is 24.0 Å². The van der Waals surface area contributed by atoms with Gasteiger partial charge in [0.1, 0.15) is 12.7 Å². The van der Waals surface area contributed by atoms with E-state index in [0.29, 0.717) is 0 Å². The van der Waals surface area contributed by atoms with Crippen LogP contribution in [0.1, 0.15) is 50.2 Å². The van der Waals surface area contributed by atoms with Gasteiger partial charge in [-0.15, -0.1) is 24.0 Å². The Balaban J connectivity index is 0.00000280. The van der Waals surface area contributed by atoms with Crippen LogP contribution in [0.4, 0.5) is 0 Å². The Labute approximate surface area is 185 Å². The number of rotatable bonds is 7. The number of hydrogen-bond donors (Lipinski definition) is 2. The van der Waals surface area contributed by atoms with Gasteiger partial charge in [-0.2, -0.15) is 5.10 Å². The van der Waals surface area contributed by atoms with Gasteiger partial charge < -0.3 is 10.6 Å². The second kappa shape index (κ2) is 12.0. The Morgan fingerprint density at radius 2 is 2.11 bits per heavy atom. The summed E-state index contributed by atoms with van der Waals surface area (Å²) >= 11 is 0. The lowest BCUT2D eigenvalue weighted by atomic mass is 9.81. The van der Waals surface area contributed by atoms with Crippen molar-refractivity contribution in [1.29, 1.82) is 0 Å². The van der Waals surface area contributed by atoms with Crippen LogP contribution in [0.3, 0.4) is 0 Å². The molecule has 0 amide bonds. The van der Waals surface area contributed by atoms with Crippen LogP contribution in [0, 0.1) is 11.8 Å². The number of nitrogens with one attached hydrogen (secondary N) is 2. The van der Waals surface area contributed by atoms with Gasteiger partial charge in [-0.3, -0.25) is 4.99 Å². The molecular formula is C21H33IN6. The topological polar surface area (TPSA) is 67.1 Å². The standard InChI is InChI=1S/C21H32N6.HI/c1-17-5-3-6-18(11-17)9-10-24-21(22-2)25-13-19-7-4-8-20(12-19)14-27-16-23-15-26-27;/h4,7-8,12,15-18H,3,5-6,9-11,13-14H2,1-2H3,(H2,22,24,25);1H. The van der Waals surface area contributed by atoms with Gasteiger partial charge in [0.15, 0.2) is 5.96 Å². The first-order valence-corrected chi connectivity index (χ1v) is 10.1. The van der Waals surface area contributed by atoms with Crippen molar-refractivity contribution in [2.24, 2.45) is 16.8 Å². The van der Waals surface area contributed by atoms with Crippen molar-refractivity contribution in [2.45, 2.75) is 52.1 Å². The minimum Gasteiger partial charge on any atom is -0.356 e. The molecule has 2 unspecified atom stereocenters. The van der Waals surface area contributed by atoms with Crippen LogP contribution in [-0.2, 0) is 13.1 Å². The fraction of sp³-hybridized carbons (Fsp3) is 0.571. The first-order chi connectivity index (χ1) is 13.2. The van der Waals surface area contributed by atoms with Crippen molar-refractivity contribution in [3.8, 4) is 0 Å². The molecule has 2 aromatic rings. The minimum absolute atomic E-state index is 0. The first kappa shape index (κ1) is 22.6. The first-order valence-electron chi connectivity index (χ1n) is 10.1. The maximum Gasteiger partial charge on any atom is 0.191 e. The zero-order valence-corrected chi connectivity index (χ0v) is 19.3. The van der Waals surface area contributed by atoms with Crippen molar-refractivity contribution < 1.29 is 0 Å². The van der Waals surface area contributed by atoms with Crippen molar-refractivity contribution in [3.63, 3.8) is 0 Å². The van der Waals surface area contributed by atoms with E-state index in [4.69, 9.17) is 0 Å². The molecular weight excluding hydrogens is 463 g/mol. The Hall–Kier alpha value is -1.64. The molecule has 1 aliphatic carbocycles. The van der Waals surface area contributed by atoms with Crippen LogP contribution in [0.25, 0.3) is 0 Å². The Bertz CT molecular complexity index is 715. The van der Waals surface area contributed by atoms with Gasteiger partial charge in [-0.05, 0) is 35.8 Å². The summed E-state index contributed by atoms with van der Waals surface area (Å²) in [5.41, 5.74) is 2.45. The van der Waals surface area contributed by atoms with E-state index >= 15 is 0 Å². The molecule has 2 atom stereocenters. The lowest BCUT2D eigenvalue weighted by Crippen LogP contribution is -2.38. The largest absolute Gasteiger partial charge is 0.356 e. The number of aliphatic imine (C=N–C) groups is 1. The number of guanidine groups is 1. The van der Waals surface area contributed by atoms with Gasteiger partial charge in [0.25, 0.3) is 0 Å². The summed E-state index contributed by atoms with van der Waals surface area (Å²) in [4.78, 5) is 8.35. The molecule has 0 aliphatic heterocycles. The van der Waals surface area contributed by atoms with E-state index < -0.39 is 0 Å². The number of hydrogen-bond acceptors (Lipinski definition) is 3. The van der Waals surface area contributed by atoms with Gasteiger partial charge in [-0.1, -0.05) is 50.5 Å². The Morgan fingerprint density at radius 1 is 1.25 bits per heavy atom. The SMILES string of the molecule is CN=C(NCCC1CCCC(C)C1)NCc1cccc(Cn2cncn2)c1.I. The molecule has 1 aliphatic rings. The summed E-state index contributed by atoms with van der Waals surface area (Å²) in [7, 11) is 1.83. The lowest BCUT2D eigenvalue weighted by molar-refractivity contribution is 0.270. The smallest absolute Gasteiger partial charge is 0.191 e. The quantitative estimate of drug-likeness (QED) is 0.348. The van der Waals surface area contributed by atoms with Crippen molar-refractivity contribution >= 4 is 29.9 Å². The molecule has 1 heterocycles. The molecule has 0 radical (unpaired) electrons. The maximum absolute atomic E-state index is 4.36. The van der Waals surface area contributed by atoms with Crippen LogP contribution in [0.15, 0.2) is 41.9 Å². The van der Waals surface area contributed by atoms with Crippen molar-refractivity contribution in [2.75, 3.05) is 13.6 Å². The van der Waals surface area contributed by atoms with Crippen LogP contribution in [0.5, 0.6) is 0 Å². The normalized spacial score (nSPS) is 19.7. The summed E-state index contributed by atoms with van der Waals surface area (Å²) in [6.07, 6.45) is 10.1. The van der Waals surface area contributed by atoms with Crippen LogP contribution in [-0.4, -0.2) is 34.3 Å². The van der Waals surface area contributed by atoms with Gasteiger partial charge in [0.05, 0.1) is 6.54 Å². The van der Waals surface area contributed by atoms with Gasteiger partial charge >= 0.3 is 0 Å². The summed E-state index contributed by atoms with van der Waals surface area (Å²) in [6, 6.07) is 8.53. The summed E-state index contributed by atoms with van der Waals surface area (Å²) in [5.74, 6) is 2.64. The minimum atomic E-state index is 0. The number of aromatic nitrogens is 3. The molecule has 28 heavy (non-hydrogen) atoms. The molecule has 0 bridgehead atoms. The lowest BCUT2D eigenvalue weighted by Gasteiger charge is -2.26. The Kier molecular flexibility index (Phi) is 9.73. The second-order valence-electron chi connectivity index (χ2n) is 7.69. The van der Waals surface area contributed by atoms with E-state index in [1.807, 2.05) is 11.7 Å². The zero-order valence-electron chi connectivity index (χ0n) is 17.0. The molecule has 1 fully saturated rings. The molecule has 0 spiro atoms. The van der Waals surface area contributed by atoms with E-state index in [1.165, 1.54) is 43.2 Å². The number of benzene rings is 1. The number of halogens is 1. The predicted molar refractivity (Wildman–Crippen MR) is 125 cm³/mol. The van der Waals surface area contributed by atoms with Crippen LogP contribution in [0.2, 0.25) is 0 Å². The Morgan fingerprint density at radius 3 is 2.86 bits per heavy atom. The summed E-state index contributed by atoms with van der Waals surface area (Å²) < 4.78 is 1.83. The molecule has 1 aromatic heterocycles. The molecule has 7 heteroatoms. The maximum atomic E-state index is 4.36. The highest BCUT2D eigenvalue weighted by atomic mass is 127. The fourth-order valence-corrected chi connectivity index (χ4v) is 3.96. The second-order valence-corrected chi connectivity index (χ2v) is 7.69. The predicted octanol–water partition coefficient (Wildman–Crippen LogP) is 3.83. The highest BCUT2D eigenvalue weighted by Gasteiger charge is 2.18. The molecule has 2 N–H and O–H groups in total. The molecule has 1 aromatic carbocycles. The molecule has 6 nitrogen and oxygen atoms in total. The van der Waals surface area contributed by atoms with Gasteiger partial charge in [-0.25, -0.2) is 9.67 Å². The highest BCUT2D eigenvalue weighted by Crippen LogP contribution is 2.30. The third kappa shape index (κ3) is 7.41. The van der Waals surface area contributed by atoms with Crippen molar-refractivity contribution in [1.82, 2.24) is 25.4 Å². The van der Waals surface area contributed by atoms with E-state index in [0.717, 1.165) is 37.4 Å². The highest BCUT2D eigenvalue weighted by molar-refractivity contribution is 14.0. The summed E-state index contributed by atoms with van der Waals surface area (Å²) in [6.45, 7) is 4.87. The third-order valence-corrected chi connectivity index (χ3v) is 5.38. The van der Waals surface area contributed by atoms with Crippen LogP contribution < -0.4 is 10.6 Å². The average molecular weight is 496 g/mol. The zero-order chi connectivity index (χ0) is 18.9. The van der Waals surface area contributed by atoms with Crippen LogP contribution >= 0.6 is 24.0 Å². The number of nitrogens with zero attached hydrogens (tertiary/aromatic N) is 4. The summed E-state index contributed by atoms with van der Waals surface area (Å²) in [5, 5.41) is 11.1. The van der Waals surface area contributed by atoms with E-state index in [1.54, 1.807) is 12.7 Å². The fourth-order valence-electron chi connectivity index (χ4n) is 3.96. The van der Waals surface area contributed by atoms with E-state index in [9.17, 15) is 0 Å². The van der Waals surface area contributed by atoms with E-state index in [2.05, 4.69) is 56.9 Å². The molecule has 154 valence electrons. The average Bonchev–Trinajstić information content (AvgIpc) is 3.18. The third-order valence-electron chi connectivity index (χ3n) is 5.38. The van der Waals surface area contributed by atoms with Gasteiger partial charge in [0, 0.05) is 20.1 Å². The monoisotopic (exact) mass is 496 g/mol. The molecule has 1 saturated carbocycles. The van der Waals surface area contributed by atoms with Crippen molar-refractivity contribution in [3.05, 3.63) is 48.0 Å². The molecule has 0 saturated heterocycles. The molecule has 3 rings (SSSR count).